The quantitative estimate of drug-likeness (QED) is 0.720. The molecule has 1 unspecified atom stereocenters. The summed E-state index contributed by atoms with van der Waals surface area (Å²) in [5.41, 5.74) is 0. The maximum absolute atomic E-state index is 11.0. The van der Waals surface area contributed by atoms with Gasteiger partial charge in [-0.2, -0.15) is 0 Å². The zero-order chi connectivity index (χ0) is 11.1. The Morgan fingerprint density at radius 2 is 2.25 bits per heavy atom. The number of carbonyl (C=O) groups is 1. The van der Waals surface area contributed by atoms with Gasteiger partial charge in [-0.3, -0.25) is 9.69 Å². The van der Waals surface area contributed by atoms with Gasteiger partial charge in [-0.05, 0) is 19.4 Å². The molecule has 1 fully saturated rings. The Kier molecular flexibility index (Phi) is 9.03. The number of likely N-dealkylation sites (tertiary alicyclic amines) is 1. The third-order valence-electron chi connectivity index (χ3n) is 2.79. The smallest absolute Gasteiger partial charge is 0.234 e. The summed E-state index contributed by atoms with van der Waals surface area (Å²) in [7, 11) is 0. The van der Waals surface area contributed by atoms with Crippen molar-refractivity contribution in [1.82, 2.24) is 10.2 Å². The molecule has 1 saturated heterocycles. The highest BCUT2D eigenvalue weighted by Crippen LogP contribution is 2.15. The van der Waals surface area contributed by atoms with Crippen molar-refractivity contribution < 1.29 is 9.90 Å². The van der Waals surface area contributed by atoms with Crippen LogP contribution in [0.1, 0.15) is 19.3 Å². The number of hydrogen-bond donors (Lipinski definition) is 2. The van der Waals surface area contributed by atoms with Crippen LogP contribution >= 0.6 is 24.0 Å². The summed E-state index contributed by atoms with van der Waals surface area (Å²) in [5.74, 6) is -0.0987. The van der Waals surface area contributed by atoms with Gasteiger partial charge >= 0.3 is 0 Å². The van der Waals surface area contributed by atoms with Crippen LogP contribution in [0.5, 0.6) is 0 Å². The molecule has 1 rings (SSSR count). The van der Waals surface area contributed by atoms with E-state index in [4.69, 9.17) is 16.7 Å². The molecule has 1 aliphatic heterocycles. The minimum atomic E-state index is -0.119. The summed E-state index contributed by atoms with van der Waals surface area (Å²) in [5, 5.41) is 11.7. The van der Waals surface area contributed by atoms with Crippen molar-refractivity contribution in [1.29, 1.82) is 0 Å². The van der Waals surface area contributed by atoms with Crippen molar-refractivity contribution in [2.75, 3.05) is 32.1 Å². The van der Waals surface area contributed by atoms with E-state index in [0.717, 1.165) is 13.0 Å². The average Bonchev–Trinajstić information content (AvgIpc) is 2.28. The summed E-state index contributed by atoms with van der Waals surface area (Å²) < 4.78 is 0. The Morgan fingerprint density at radius 3 is 2.88 bits per heavy atom. The van der Waals surface area contributed by atoms with Gasteiger partial charge in [-0.1, -0.05) is 6.42 Å². The van der Waals surface area contributed by atoms with Gasteiger partial charge in [0.2, 0.25) is 5.91 Å². The Balaban J connectivity index is 0.00000225. The summed E-state index contributed by atoms with van der Waals surface area (Å²) in [4.78, 5) is 13.2. The first kappa shape index (κ1) is 16.0. The summed E-state index contributed by atoms with van der Waals surface area (Å²) >= 11 is 5.40. The molecule has 96 valence electrons. The summed E-state index contributed by atoms with van der Waals surface area (Å²) in [6.45, 7) is 2.54. The van der Waals surface area contributed by atoms with Crippen LogP contribution in [-0.2, 0) is 4.79 Å². The van der Waals surface area contributed by atoms with E-state index in [9.17, 15) is 4.79 Å². The lowest BCUT2D eigenvalue weighted by molar-refractivity contribution is -0.119. The minimum Gasteiger partial charge on any atom is -0.395 e. The average molecular weight is 271 g/mol. The van der Waals surface area contributed by atoms with Crippen LogP contribution in [0.15, 0.2) is 0 Å². The molecule has 0 aromatic heterocycles. The largest absolute Gasteiger partial charge is 0.395 e. The van der Waals surface area contributed by atoms with E-state index in [1.807, 2.05) is 0 Å². The fraction of sp³-hybridized carbons (Fsp3) is 0.900. The predicted molar refractivity (Wildman–Crippen MR) is 67.3 cm³/mol. The van der Waals surface area contributed by atoms with Gasteiger partial charge in [0.05, 0.1) is 6.61 Å². The Bertz CT molecular complexity index is 203. The van der Waals surface area contributed by atoms with Crippen molar-refractivity contribution in [3.8, 4) is 0 Å². The first-order chi connectivity index (χ1) is 7.27. The third-order valence-corrected chi connectivity index (χ3v) is 3.04. The van der Waals surface area contributed by atoms with Gasteiger partial charge < -0.3 is 10.4 Å². The minimum absolute atomic E-state index is 0. The predicted octanol–water partition coefficient (Wildman–Crippen LogP) is 0.610. The number of nitrogens with one attached hydrogen (secondary N) is 1. The molecule has 0 saturated carbocycles. The molecule has 1 amide bonds. The molecule has 0 spiro atoms. The fourth-order valence-corrected chi connectivity index (χ4v) is 2.09. The maximum Gasteiger partial charge on any atom is 0.234 e. The van der Waals surface area contributed by atoms with Crippen LogP contribution in [0.25, 0.3) is 0 Å². The van der Waals surface area contributed by atoms with Gasteiger partial charge in [0.1, 0.15) is 5.88 Å². The normalized spacial score (nSPS) is 21.2. The molecule has 16 heavy (non-hydrogen) atoms. The van der Waals surface area contributed by atoms with E-state index >= 15 is 0 Å². The second kappa shape index (κ2) is 9.05. The van der Waals surface area contributed by atoms with E-state index < -0.39 is 0 Å². The molecular formula is C10H20Cl2N2O2. The molecule has 0 aromatic carbocycles. The number of rotatable bonds is 5. The number of alkyl halides is 1. The number of aliphatic hydroxyl groups is 1. The zero-order valence-electron chi connectivity index (χ0n) is 9.32. The number of carbonyl (C=O) groups excluding carboxylic acids is 1. The van der Waals surface area contributed by atoms with E-state index in [1.54, 1.807) is 0 Å². The van der Waals surface area contributed by atoms with Crippen LogP contribution in [0.3, 0.4) is 0 Å². The van der Waals surface area contributed by atoms with Crippen LogP contribution in [0.2, 0.25) is 0 Å². The van der Waals surface area contributed by atoms with E-state index in [2.05, 4.69) is 10.2 Å². The number of amides is 1. The van der Waals surface area contributed by atoms with Crippen molar-refractivity contribution in [3.05, 3.63) is 0 Å². The lowest BCUT2D eigenvalue weighted by atomic mass is 10.0. The summed E-state index contributed by atoms with van der Waals surface area (Å²) in [6, 6.07) is 0.359. The molecule has 0 bridgehead atoms. The van der Waals surface area contributed by atoms with Crippen molar-refractivity contribution >= 4 is 29.9 Å². The van der Waals surface area contributed by atoms with Crippen LogP contribution in [-0.4, -0.2) is 54.1 Å². The highest BCUT2D eigenvalue weighted by Gasteiger charge is 2.21. The van der Waals surface area contributed by atoms with Crippen LogP contribution < -0.4 is 5.32 Å². The van der Waals surface area contributed by atoms with E-state index in [-0.39, 0.29) is 30.8 Å². The van der Waals surface area contributed by atoms with Crippen molar-refractivity contribution in [3.63, 3.8) is 0 Å². The number of β-amino-alcohol motifs (C(OH)–C–C–N with tert-alkyl or cyclic N) is 1. The van der Waals surface area contributed by atoms with Gasteiger partial charge in [0, 0.05) is 19.1 Å². The number of nitrogens with zero attached hydrogens (tertiary/aromatic N) is 1. The topological polar surface area (TPSA) is 52.6 Å². The SMILES string of the molecule is Cl.O=C(CCl)NCC1CCCCN1CCO. The lowest BCUT2D eigenvalue weighted by Crippen LogP contribution is -2.47. The van der Waals surface area contributed by atoms with Gasteiger partial charge in [0.15, 0.2) is 0 Å². The second-order valence-electron chi connectivity index (χ2n) is 3.85. The second-order valence-corrected chi connectivity index (χ2v) is 4.11. The first-order valence-electron chi connectivity index (χ1n) is 5.45. The van der Waals surface area contributed by atoms with Crippen molar-refractivity contribution in [2.45, 2.75) is 25.3 Å². The van der Waals surface area contributed by atoms with Crippen LogP contribution in [0, 0.1) is 0 Å². The molecule has 2 N–H and O–H groups in total. The Labute approximate surface area is 108 Å². The molecule has 0 aromatic rings. The van der Waals surface area contributed by atoms with E-state index in [0.29, 0.717) is 19.1 Å². The molecule has 1 aliphatic rings. The van der Waals surface area contributed by atoms with Crippen molar-refractivity contribution in [2.24, 2.45) is 0 Å². The molecule has 4 nitrogen and oxygen atoms in total. The van der Waals surface area contributed by atoms with Gasteiger partial charge in [-0.25, -0.2) is 0 Å². The molecule has 0 radical (unpaired) electrons. The fourth-order valence-electron chi connectivity index (χ4n) is 1.99. The standard InChI is InChI=1S/C10H19ClN2O2.ClH/c11-7-10(15)12-8-9-3-1-2-4-13(9)5-6-14;/h9,14H,1-8H2,(H,12,15);1H. The van der Waals surface area contributed by atoms with Gasteiger partial charge in [0.25, 0.3) is 0 Å². The Hall–Kier alpha value is -0.0300. The van der Waals surface area contributed by atoms with Gasteiger partial charge in [-0.15, -0.1) is 24.0 Å². The number of halogens is 2. The molecule has 6 heteroatoms. The highest BCUT2D eigenvalue weighted by atomic mass is 35.5. The third kappa shape index (κ3) is 5.34. The molecule has 1 heterocycles. The summed E-state index contributed by atoms with van der Waals surface area (Å²) in [6.07, 6.45) is 3.46. The number of piperidine rings is 1. The number of aliphatic hydroxyl groups excluding tert-OH is 1. The van der Waals surface area contributed by atoms with Crippen LogP contribution in [0.4, 0.5) is 0 Å². The lowest BCUT2D eigenvalue weighted by Gasteiger charge is -2.35. The monoisotopic (exact) mass is 270 g/mol. The maximum atomic E-state index is 11.0. The first-order valence-corrected chi connectivity index (χ1v) is 5.99. The molecular weight excluding hydrogens is 251 g/mol. The molecule has 1 atom stereocenters. The number of hydrogen-bond acceptors (Lipinski definition) is 3. The molecule has 0 aliphatic carbocycles. The highest BCUT2D eigenvalue weighted by molar-refractivity contribution is 6.27. The zero-order valence-corrected chi connectivity index (χ0v) is 10.9. The Morgan fingerprint density at radius 1 is 1.50 bits per heavy atom. The van der Waals surface area contributed by atoms with E-state index in [1.165, 1.54) is 12.8 Å².